The van der Waals surface area contributed by atoms with Crippen LogP contribution < -0.4 is 5.73 Å². The SMILES string of the molecule is NC(=O)c1c(-c2ccc(F)c(Cl)c2)nn2c1CN(C(=O)O)C1COCC12. The van der Waals surface area contributed by atoms with Gasteiger partial charge in [-0.1, -0.05) is 11.6 Å². The van der Waals surface area contributed by atoms with Gasteiger partial charge in [0.1, 0.15) is 11.5 Å². The van der Waals surface area contributed by atoms with Crippen molar-refractivity contribution in [2.45, 2.75) is 18.6 Å². The average Bonchev–Trinajstić information content (AvgIpc) is 3.19. The number of halogens is 2. The van der Waals surface area contributed by atoms with Crippen LogP contribution in [0.2, 0.25) is 5.02 Å². The van der Waals surface area contributed by atoms with Crippen molar-refractivity contribution in [1.29, 1.82) is 0 Å². The normalized spacial score (nSPS) is 21.4. The molecule has 2 unspecified atom stereocenters. The lowest BCUT2D eigenvalue weighted by Crippen LogP contribution is -2.48. The number of hydrogen-bond acceptors (Lipinski definition) is 4. The van der Waals surface area contributed by atoms with Gasteiger partial charge in [0.25, 0.3) is 5.91 Å². The summed E-state index contributed by atoms with van der Waals surface area (Å²) in [6.07, 6.45) is -1.11. The minimum Gasteiger partial charge on any atom is -0.465 e. The molecule has 1 aromatic carbocycles. The molecule has 2 aliphatic heterocycles. The Morgan fingerprint density at radius 3 is 2.73 bits per heavy atom. The van der Waals surface area contributed by atoms with Gasteiger partial charge in [-0.05, 0) is 18.2 Å². The number of benzene rings is 1. The molecule has 0 spiro atoms. The Labute approximate surface area is 151 Å². The van der Waals surface area contributed by atoms with Crippen molar-refractivity contribution in [2.75, 3.05) is 13.2 Å². The number of hydrogen-bond donors (Lipinski definition) is 2. The van der Waals surface area contributed by atoms with Crippen LogP contribution in [-0.4, -0.2) is 51.0 Å². The number of carbonyl (C=O) groups is 2. The molecule has 2 aliphatic rings. The first kappa shape index (κ1) is 16.8. The fourth-order valence-corrected chi connectivity index (χ4v) is 3.73. The van der Waals surface area contributed by atoms with Gasteiger partial charge in [0.2, 0.25) is 0 Å². The van der Waals surface area contributed by atoms with Crippen LogP contribution >= 0.6 is 11.6 Å². The lowest BCUT2D eigenvalue weighted by Gasteiger charge is -2.35. The van der Waals surface area contributed by atoms with Gasteiger partial charge in [0.05, 0.1) is 48.1 Å². The molecule has 1 aromatic heterocycles. The number of aromatic nitrogens is 2. The Bertz CT molecular complexity index is 931. The molecular formula is C16H14ClFN4O4. The lowest BCUT2D eigenvalue weighted by atomic mass is 10.0. The highest BCUT2D eigenvalue weighted by atomic mass is 35.5. The van der Waals surface area contributed by atoms with E-state index in [1.54, 1.807) is 4.68 Å². The molecule has 26 heavy (non-hydrogen) atoms. The van der Waals surface area contributed by atoms with E-state index in [2.05, 4.69) is 5.10 Å². The molecular weight excluding hydrogens is 367 g/mol. The number of amides is 2. The molecule has 1 fully saturated rings. The van der Waals surface area contributed by atoms with Crippen LogP contribution in [0.15, 0.2) is 18.2 Å². The van der Waals surface area contributed by atoms with Crippen molar-refractivity contribution in [1.82, 2.24) is 14.7 Å². The minimum atomic E-state index is -1.11. The van der Waals surface area contributed by atoms with Gasteiger partial charge in [-0.3, -0.25) is 14.4 Å². The van der Waals surface area contributed by atoms with E-state index in [1.807, 2.05) is 0 Å². The number of nitrogens with two attached hydrogens (primary N) is 1. The molecule has 8 nitrogen and oxygen atoms in total. The second-order valence-electron chi connectivity index (χ2n) is 6.19. The summed E-state index contributed by atoms with van der Waals surface area (Å²) in [7, 11) is 0. The predicted octanol–water partition coefficient (Wildman–Crippen LogP) is 1.88. The maximum Gasteiger partial charge on any atom is 0.408 e. The highest BCUT2D eigenvalue weighted by Crippen LogP contribution is 2.37. The zero-order valence-electron chi connectivity index (χ0n) is 13.4. The highest BCUT2D eigenvalue weighted by Gasteiger charge is 2.44. The number of rotatable bonds is 2. The Kier molecular flexibility index (Phi) is 3.85. The predicted molar refractivity (Wildman–Crippen MR) is 88.4 cm³/mol. The monoisotopic (exact) mass is 380 g/mol. The third-order valence-electron chi connectivity index (χ3n) is 4.75. The third-order valence-corrected chi connectivity index (χ3v) is 5.04. The quantitative estimate of drug-likeness (QED) is 0.826. The number of carbonyl (C=O) groups excluding carboxylic acids is 1. The highest BCUT2D eigenvalue weighted by molar-refractivity contribution is 6.31. The summed E-state index contributed by atoms with van der Waals surface area (Å²) in [5.74, 6) is -1.34. The number of carboxylic acid groups (broad SMARTS) is 1. The first-order valence-corrected chi connectivity index (χ1v) is 8.20. The van der Waals surface area contributed by atoms with Crippen molar-refractivity contribution in [2.24, 2.45) is 5.73 Å². The summed E-state index contributed by atoms with van der Waals surface area (Å²) in [4.78, 5) is 25.0. The Balaban J connectivity index is 1.91. The van der Waals surface area contributed by atoms with Crippen LogP contribution in [-0.2, 0) is 11.3 Å². The topological polar surface area (TPSA) is 111 Å². The fourth-order valence-electron chi connectivity index (χ4n) is 3.55. The van der Waals surface area contributed by atoms with E-state index < -0.39 is 23.9 Å². The average molecular weight is 381 g/mol. The molecule has 1 saturated heterocycles. The van der Waals surface area contributed by atoms with Crippen molar-refractivity contribution < 1.29 is 23.8 Å². The summed E-state index contributed by atoms with van der Waals surface area (Å²) in [6, 6.07) is 3.21. The molecule has 2 amide bonds. The van der Waals surface area contributed by atoms with Gasteiger partial charge in [0, 0.05) is 5.56 Å². The van der Waals surface area contributed by atoms with Gasteiger partial charge >= 0.3 is 6.09 Å². The van der Waals surface area contributed by atoms with E-state index in [4.69, 9.17) is 22.1 Å². The molecule has 0 aliphatic carbocycles. The van der Waals surface area contributed by atoms with E-state index >= 15 is 0 Å². The largest absolute Gasteiger partial charge is 0.465 e. The maximum absolute atomic E-state index is 13.5. The van der Waals surface area contributed by atoms with E-state index in [-0.39, 0.29) is 42.1 Å². The lowest BCUT2D eigenvalue weighted by molar-refractivity contribution is 0.0889. The summed E-state index contributed by atoms with van der Waals surface area (Å²) in [5.41, 5.74) is 6.71. The molecule has 2 aromatic rings. The number of fused-ring (bicyclic) bond motifs is 3. The maximum atomic E-state index is 13.5. The van der Waals surface area contributed by atoms with Crippen LogP contribution in [0.25, 0.3) is 11.3 Å². The van der Waals surface area contributed by atoms with Gasteiger partial charge in [-0.2, -0.15) is 5.10 Å². The summed E-state index contributed by atoms with van der Waals surface area (Å²) < 4.78 is 20.5. The van der Waals surface area contributed by atoms with Crippen LogP contribution in [0.5, 0.6) is 0 Å². The van der Waals surface area contributed by atoms with Gasteiger partial charge in [-0.25, -0.2) is 9.18 Å². The van der Waals surface area contributed by atoms with Crippen molar-refractivity contribution >= 4 is 23.6 Å². The van der Waals surface area contributed by atoms with Crippen molar-refractivity contribution in [3.63, 3.8) is 0 Å². The van der Waals surface area contributed by atoms with Gasteiger partial charge < -0.3 is 15.6 Å². The molecule has 0 radical (unpaired) electrons. The number of primary amides is 1. The molecule has 4 rings (SSSR count). The Morgan fingerprint density at radius 2 is 2.08 bits per heavy atom. The van der Waals surface area contributed by atoms with Crippen molar-refractivity contribution in [3.05, 3.63) is 40.3 Å². The van der Waals surface area contributed by atoms with Crippen LogP contribution in [0.4, 0.5) is 9.18 Å². The molecule has 10 heteroatoms. The van der Waals surface area contributed by atoms with Crippen molar-refractivity contribution in [3.8, 4) is 11.3 Å². The minimum absolute atomic E-state index is 0.0416. The third kappa shape index (κ3) is 2.43. The Hall–Kier alpha value is -2.65. The standard InChI is InChI=1S/C16H14ClFN4O4/c17-8-3-7(1-2-9(8)18)14-13(15(19)23)10-4-21(16(24)25)11-5-26-6-12(11)22(10)20-14/h1-3,11-12H,4-6H2,(H2,19,23)(H,24,25). The summed E-state index contributed by atoms with van der Waals surface area (Å²) >= 11 is 5.84. The molecule has 2 atom stereocenters. The van der Waals surface area contributed by atoms with Crippen LogP contribution in [0.1, 0.15) is 22.1 Å². The first-order chi connectivity index (χ1) is 12.4. The zero-order valence-corrected chi connectivity index (χ0v) is 14.1. The first-order valence-electron chi connectivity index (χ1n) is 7.82. The molecule has 3 heterocycles. The molecule has 136 valence electrons. The Morgan fingerprint density at radius 1 is 1.35 bits per heavy atom. The summed E-state index contributed by atoms with van der Waals surface area (Å²) in [5, 5.41) is 13.9. The molecule has 0 saturated carbocycles. The second kappa shape index (κ2) is 5.96. The second-order valence-corrected chi connectivity index (χ2v) is 6.60. The summed E-state index contributed by atoms with van der Waals surface area (Å²) in [6.45, 7) is 0.477. The van der Waals surface area contributed by atoms with E-state index in [0.717, 1.165) is 0 Å². The van der Waals surface area contributed by atoms with E-state index in [9.17, 15) is 19.1 Å². The van der Waals surface area contributed by atoms with Gasteiger partial charge in [-0.15, -0.1) is 0 Å². The van der Waals surface area contributed by atoms with E-state index in [1.165, 1.54) is 23.1 Å². The fraction of sp³-hybridized carbons (Fsp3) is 0.312. The smallest absolute Gasteiger partial charge is 0.408 e. The zero-order chi connectivity index (χ0) is 18.6. The number of ether oxygens (including phenoxy) is 1. The number of nitrogens with zero attached hydrogens (tertiary/aromatic N) is 3. The van der Waals surface area contributed by atoms with Gasteiger partial charge in [0.15, 0.2) is 0 Å². The molecule has 0 bridgehead atoms. The van der Waals surface area contributed by atoms with Crippen LogP contribution in [0.3, 0.4) is 0 Å². The van der Waals surface area contributed by atoms with Crippen LogP contribution in [0, 0.1) is 5.82 Å². The molecule has 3 N–H and O–H groups in total. The van der Waals surface area contributed by atoms with E-state index in [0.29, 0.717) is 11.3 Å².